The van der Waals surface area contributed by atoms with Crippen LogP contribution in [-0.4, -0.2) is 48.9 Å². The van der Waals surface area contributed by atoms with Crippen LogP contribution in [0.5, 0.6) is 0 Å². The van der Waals surface area contributed by atoms with E-state index in [-0.39, 0.29) is 21.5 Å². The molecule has 1 N–H and O–H groups in total. The fraction of sp³-hybridized carbons (Fsp3) is 0.417. The number of sulfonamides is 1. The summed E-state index contributed by atoms with van der Waals surface area (Å²) in [5.74, 6) is -0.610. The largest absolute Gasteiger partial charge is 0.478 e. The first-order valence-corrected chi connectivity index (χ1v) is 8.92. The third-order valence-corrected chi connectivity index (χ3v) is 5.99. The first-order chi connectivity index (χ1) is 9.21. The number of nitrogens with zero attached hydrogens (tertiary/aromatic N) is 1. The molecule has 0 aromatic heterocycles. The zero-order valence-electron chi connectivity index (χ0n) is 11.3. The second-order valence-electron chi connectivity index (χ2n) is 4.27. The van der Waals surface area contributed by atoms with E-state index in [9.17, 15) is 13.2 Å². The average Bonchev–Trinajstić information content (AvgIpc) is 2.37. The van der Waals surface area contributed by atoms with Crippen LogP contribution in [-0.2, 0) is 10.0 Å². The molecule has 1 aromatic rings. The van der Waals surface area contributed by atoms with Crippen molar-refractivity contribution in [2.45, 2.75) is 17.9 Å². The number of halogens is 1. The number of rotatable bonds is 6. The van der Waals surface area contributed by atoms with Gasteiger partial charge in [-0.15, -0.1) is 0 Å². The van der Waals surface area contributed by atoms with Crippen LogP contribution in [0.15, 0.2) is 23.1 Å². The molecular formula is C12H16ClNO4S2. The van der Waals surface area contributed by atoms with Crippen molar-refractivity contribution in [2.24, 2.45) is 0 Å². The van der Waals surface area contributed by atoms with Gasteiger partial charge in [0.2, 0.25) is 10.0 Å². The number of hydrogen-bond acceptors (Lipinski definition) is 4. The maximum Gasteiger partial charge on any atom is 0.337 e. The van der Waals surface area contributed by atoms with E-state index in [4.69, 9.17) is 16.7 Å². The quantitative estimate of drug-likeness (QED) is 0.862. The van der Waals surface area contributed by atoms with Gasteiger partial charge in [-0.1, -0.05) is 11.6 Å². The van der Waals surface area contributed by atoms with Gasteiger partial charge in [0, 0.05) is 18.8 Å². The van der Waals surface area contributed by atoms with Crippen LogP contribution in [0.3, 0.4) is 0 Å². The molecule has 112 valence electrons. The van der Waals surface area contributed by atoms with E-state index < -0.39 is 16.0 Å². The van der Waals surface area contributed by atoms with Gasteiger partial charge in [-0.3, -0.25) is 0 Å². The summed E-state index contributed by atoms with van der Waals surface area (Å²) in [6, 6.07) is 3.48. The normalized spacial score (nSPS) is 13.4. The summed E-state index contributed by atoms with van der Waals surface area (Å²) in [4.78, 5) is 10.9. The van der Waals surface area contributed by atoms with Crippen molar-refractivity contribution in [1.29, 1.82) is 0 Å². The Kier molecular flexibility index (Phi) is 5.88. The Hall–Kier alpha value is -0.760. The van der Waals surface area contributed by atoms with Crippen LogP contribution in [0.2, 0.25) is 5.02 Å². The summed E-state index contributed by atoms with van der Waals surface area (Å²) in [5, 5.41) is 9.00. The third kappa shape index (κ3) is 3.66. The highest BCUT2D eigenvalue weighted by Gasteiger charge is 2.26. The molecular weight excluding hydrogens is 322 g/mol. The smallest absolute Gasteiger partial charge is 0.337 e. The van der Waals surface area contributed by atoms with Gasteiger partial charge in [0.1, 0.15) is 0 Å². The first kappa shape index (κ1) is 17.3. The number of carbonyl (C=O) groups is 1. The second-order valence-corrected chi connectivity index (χ2v) is 7.59. The molecule has 0 aliphatic rings. The molecule has 5 nitrogen and oxygen atoms in total. The molecule has 1 rings (SSSR count). The first-order valence-electron chi connectivity index (χ1n) is 5.71. The van der Waals surface area contributed by atoms with Crippen LogP contribution in [0.4, 0.5) is 0 Å². The lowest BCUT2D eigenvalue weighted by atomic mass is 10.2. The molecule has 8 heteroatoms. The number of aromatic carboxylic acids is 1. The minimum absolute atomic E-state index is 0.0104. The summed E-state index contributed by atoms with van der Waals surface area (Å²) in [6.07, 6.45) is 1.89. The lowest BCUT2D eigenvalue weighted by Gasteiger charge is -2.23. The summed E-state index contributed by atoms with van der Waals surface area (Å²) < 4.78 is 26.1. The van der Waals surface area contributed by atoms with Gasteiger partial charge in [0.25, 0.3) is 0 Å². The molecule has 0 saturated carbocycles. The van der Waals surface area contributed by atoms with E-state index >= 15 is 0 Å². The van der Waals surface area contributed by atoms with Crippen molar-refractivity contribution in [3.05, 3.63) is 28.8 Å². The highest BCUT2D eigenvalue weighted by atomic mass is 35.5. The molecule has 20 heavy (non-hydrogen) atoms. The zero-order chi connectivity index (χ0) is 15.5. The molecule has 1 unspecified atom stereocenters. The Morgan fingerprint density at radius 1 is 1.50 bits per heavy atom. The summed E-state index contributed by atoms with van der Waals surface area (Å²) in [7, 11) is -2.26. The molecule has 0 heterocycles. The topological polar surface area (TPSA) is 74.7 Å². The lowest BCUT2D eigenvalue weighted by Crippen LogP contribution is -2.36. The molecule has 0 aliphatic heterocycles. The van der Waals surface area contributed by atoms with Gasteiger partial charge in [-0.25, -0.2) is 13.2 Å². The Labute approximate surface area is 128 Å². The van der Waals surface area contributed by atoms with Gasteiger partial charge in [-0.2, -0.15) is 16.1 Å². The van der Waals surface area contributed by atoms with E-state index in [1.165, 1.54) is 35.2 Å². The van der Waals surface area contributed by atoms with Gasteiger partial charge in [0.15, 0.2) is 0 Å². The van der Waals surface area contributed by atoms with Crippen LogP contribution in [0, 0.1) is 0 Å². The Balaban J connectivity index is 3.22. The molecule has 0 amide bonds. The molecule has 0 aliphatic carbocycles. The number of carboxylic acids is 1. The van der Waals surface area contributed by atoms with Crippen LogP contribution < -0.4 is 0 Å². The van der Waals surface area contributed by atoms with E-state index in [1.54, 1.807) is 6.92 Å². The number of carboxylic acid groups (broad SMARTS) is 1. The number of thioether (sulfide) groups is 1. The van der Waals surface area contributed by atoms with Crippen LogP contribution in [0.25, 0.3) is 0 Å². The minimum Gasteiger partial charge on any atom is -0.478 e. The van der Waals surface area contributed by atoms with Crippen molar-refractivity contribution in [3.63, 3.8) is 0 Å². The lowest BCUT2D eigenvalue weighted by molar-refractivity contribution is 0.0697. The van der Waals surface area contributed by atoms with Gasteiger partial charge in [0.05, 0.1) is 15.5 Å². The summed E-state index contributed by atoms with van der Waals surface area (Å²) >= 11 is 7.28. The standard InChI is InChI=1S/C12H16ClNO4S2/c1-8(7-19-3)14(2)20(17,18)9-4-5-11(13)10(6-9)12(15)16/h4-6,8H,7H2,1-3H3,(H,15,16). The predicted octanol–water partition coefficient (Wildman–Crippen LogP) is 2.41. The Morgan fingerprint density at radius 2 is 2.10 bits per heavy atom. The maximum atomic E-state index is 12.4. The third-order valence-electron chi connectivity index (χ3n) is 2.87. The van der Waals surface area contributed by atoms with Gasteiger partial charge < -0.3 is 5.11 Å². The molecule has 1 aromatic carbocycles. The Morgan fingerprint density at radius 3 is 2.60 bits per heavy atom. The van der Waals surface area contributed by atoms with Crippen molar-refractivity contribution in [1.82, 2.24) is 4.31 Å². The molecule has 0 saturated heterocycles. The van der Waals surface area contributed by atoms with Crippen molar-refractivity contribution in [2.75, 3.05) is 19.1 Å². The van der Waals surface area contributed by atoms with E-state index in [2.05, 4.69) is 0 Å². The zero-order valence-corrected chi connectivity index (χ0v) is 13.7. The molecule has 0 spiro atoms. The highest BCUT2D eigenvalue weighted by Crippen LogP contribution is 2.23. The van der Waals surface area contributed by atoms with Gasteiger partial charge >= 0.3 is 5.97 Å². The van der Waals surface area contributed by atoms with Crippen molar-refractivity contribution >= 4 is 39.4 Å². The average molecular weight is 338 g/mol. The van der Waals surface area contributed by atoms with Crippen molar-refractivity contribution in [3.8, 4) is 0 Å². The molecule has 0 fully saturated rings. The minimum atomic E-state index is -3.74. The van der Waals surface area contributed by atoms with Crippen LogP contribution in [0.1, 0.15) is 17.3 Å². The number of hydrogen-bond donors (Lipinski definition) is 1. The maximum absolute atomic E-state index is 12.4. The predicted molar refractivity (Wildman–Crippen MR) is 81.2 cm³/mol. The van der Waals surface area contributed by atoms with E-state index in [0.29, 0.717) is 5.75 Å². The Bertz CT molecular complexity index is 603. The second kappa shape index (κ2) is 6.80. The monoisotopic (exact) mass is 337 g/mol. The van der Waals surface area contributed by atoms with Crippen molar-refractivity contribution < 1.29 is 18.3 Å². The van der Waals surface area contributed by atoms with Gasteiger partial charge in [-0.05, 0) is 31.4 Å². The van der Waals surface area contributed by atoms with E-state index in [0.717, 1.165) is 6.07 Å². The summed E-state index contributed by atoms with van der Waals surface area (Å²) in [5.41, 5.74) is -0.223. The number of benzene rings is 1. The highest BCUT2D eigenvalue weighted by molar-refractivity contribution is 7.98. The van der Waals surface area contributed by atoms with Crippen LogP contribution >= 0.6 is 23.4 Å². The molecule has 0 bridgehead atoms. The SMILES string of the molecule is CSCC(C)N(C)S(=O)(=O)c1ccc(Cl)c(C(=O)O)c1. The fourth-order valence-corrected chi connectivity index (χ4v) is 3.96. The summed E-state index contributed by atoms with van der Waals surface area (Å²) in [6.45, 7) is 1.79. The molecule has 0 radical (unpaired) electrons. The van der Waals surface area contributed by atoms with E-state index in [1.807, 2.05) is 6.26 Å². The fourth-order valence-electron chi connectivity index (χ4n) is 1.58. The molecule has 1 atom stereocenters.